The first kappa shape index (κ1) is 12.9. The zero-order chi connectivity index (χ0) is 12.0. The lowest BCUT2D eigenvalue weighted by atomic mass is 10.3. The van der Waals surface area contributed by atoms with Gasteiger partial charge < -0.3 is 19.3 Å². The summed E-state index contributed by atoms with van der Waals surface area (Å²) in [5.41, 5.74) is 0. The van der Waals surface area contributed by atoms with E-state index in [1.165, 1.54) is 0 Å². The fourth-order valence-electron chi connectivity index (χ4n) is 1.56. The molecule has 1 fully saturated rings. The van der Waals surface area contributed by atoms with Crippen molar-refractivity contribution in [2.24, 2.45) is 0 Å². The van der Waals surface area contributed by atoms with Crippen LogP contribution in [0.3, 0.4) is 0 Å². The van der Waals surface area contributed by atoms with Crippen LogP contribution in [0.4, 0.5) is 0 Å². The SMILES string of the molecule is [CH2]OCC(=O)N1CCN(C(=O)CO[CH2])CC1. The van der Waals surface area contributed by atoms with E-state index in [1.807, 2.05) is 0 Å². The van der Waals surface area contributed by atoms with Gasteiger partial charge in [-0.3, -0.25) is 9.59 Å². The Morgan fingerprint density at radius 3 is 1.44 bits per heavy atom. The van der Waals surface area contributed by atoms with Crippen LogP contribution < -0.4 is 0 Å². The van der Waals surface area contributed by atoms with Gasteiger partial charge in [0.25, 0.3) is 0 Å². The molecular formula is C10H16N2O4. The van der Waals surface area contributed by atoms with Gasteiger partial charge in [0.05, 0.1) is 14.2 Å². The third-order valence-corrected chi connectivity index (χ3v) is 2.44. The van der Waals surface area contributed by atoms with Crippen molar-refractivity contribution in [3.8, 4) is 0 Å². The zero-order valence-electron chi connectivity index (χ0n) is 9.18. The highest BCUT2D eigenvalue weighted by atomic mass is 16.5. The molecule has 0 aliphatic carbocycles. The summed E-state index contributed by atoms with van der Waals surface area (Å²) in [5.74, 6) is -0.203. The van der Waals surface area contributed by atoms with Crippen molar-refractivity contribution in [1.82, 2.24) is 9.80 Å². The second kappa shape index (κ2) is 6.44. The number of hydrogen-bond donors (Lipinski definition) is 0. The Morgan fingerprint density at radius 2 is 1.19 bits per heavy atom. The number of carbonyl (C=O) groups excluding carboxylic acids is 2. The maximum Gasteiger partial charge on any atom is 0.248 e. The van der Waals surface area contributed by atoms with E-state index in [4.69, 9.17) is 0 Å². The third kappa shape index (κ3) is 3.46. The monoisotopic (exact) mass is 228 g/mol. The van der Waals surface area contributed by atoms with Crippen LogP contribution in [0.1, 0.15) is 0 Å². The molecule has 0 atom stereocenters. The van der Waals surface area contributed by atoms with Crippen molar-refractivity contribution in [3.05, 3.63) is 14.2 Å². The summed E-state index contributed by atoms with van der Waals surface area (Å²) in [4.78, 5) is 26.2. The summed E-state index contributed by atoms with van der Waals surface area (Å²) >= 11 is 0. The molecule has 2 radical (unpaired) electrons. The van der Waals surface area contributed by atoms with Crippen LogP contribution in [0, 0.1) is 14.2 Å². The fraction of sp³-hybridized carbons (Fsp3) is 0.600. The summed E-state index contributed by atoms with van der Waals surface area (Å²) in [6, 6.07) is 0. The first-order chi connectivity index (χ1) is 7.69. The smallest absolute Gasteiger partial charge is 0.248 e. The molecule has 1 aliphatic heterocycles. The summed E-state index contributed by atoms with van der Waals surface area (Å²) in [6.45, 7) is 2.04. The van der Waals surface area contributed by atoms with E-state index < -0.39 is 0 Å². The van der Waals surface area contributed by atoms with Gasteiger partial charge in [0, 0.05) is 26.2 Å². The standard InChI is InChI=1S/C10H16N2O4/c1-15-7-9(13)11-3-5-12(6-4-11)10(14)8-16-2/h1-8H2. The molecule has 90 valence electrons. The Kier molecular flexibility index (Phi) is 5.21. The molecule has 1 rings (SSSR count). The van der Waals surface area contributed by atoms with Crippen LogP contribution in [-0.4, -0.2) is 61.0 Å². The zero-order valence-corrected chi connectivity index (χ0v) is 9.18. The van der Waals surface area contributed by atoms with Crippen molar-refractivity contribution in [1.29, 1.82) is 0 Å². The topological polar surface area (TPSA) is 59.1 Å². The number of carbonyl (C=O) groups is 2. The first-order valence-electron chi connectivity index (χ1n) is 4.98. The van der Waals surface area contributed by atoms with Crippen molar-refractivity contribution in [2.75, 3.05) is 39.4 Å². The molecule has 6 nitrogen and oxygen atoms in total. The van der Waals surface area contributed by atoms with Crippen LogP contribution >= 0.6 is 0 Å². The molecule has 16 heavy (non-hydrogen) atoms. The molecule has 0 spiro atoms. The Hall–Kier alpha value is -1.14. The molecule has 6 heteroatoms. The van der Waals surface area contributed by atoms with E-state index in [0.29, 0.717) is 26.2 Å². The molecular weight excluding hydrogens is 212 g/mol. The Balaban J connectivity index is 2.33. The van der Waals surface area contributed by atoms with Crippen molar-refractivity contribution in [3.63, 3.8) is 0 Å². The van der Waals surface area contributed by atoms with Gasteiger partial charge in [0.1, 0.15) is 13.2 Å². The van der Waals surface area contributed by atoms with E-state index in [1.54, 1.807) is 9.80 Å². The van der Waals surface area contributed by atoms with Crippen LogP contribution in [0.25, 0.3) is 0 Å². The average molecular weight is 228 g/mol. The van der Waals surface area contributed by atoms with E-state index in [0.717, 1.165) is 0 Å². The Labute approximate surface area is 95.1 Å². The molecule has 1 heterocycles. The minimum absolute atomic E-state index is 0.0179. The van der Waals surface area contributed by atoms with E-state index in [-0.39, 0.29) is 25.0 Å². The van der Waals surface area contributed by atoms with Gasteiger partial charge in [0.15, 0.2) is 0 Å². The number of nitrogens with zero attached hydrogens (tertiary/aromatic N) is 2. The van der Waals surface area contributed by atoms with Gasteiger partial charge in [-0.1, -0.05) is 0 Å². The van der Waals surface area contributed by atoms with Crippen LogP contribution in [0.15, 0.2) is 0 Å². The lowest BCUT2D eigenvalue weighted by Gasteiger charge is -2.34. The minimum Gasteiger partial charge on any atom is -0.369 e. The molecule has 2 amide bonds. The van der Waals surface area contributed by atoms with Crippen molar-refractivity contribution in [2.45, 2.75) is 0 Å². The minimum atomic E-state index is -0.101. The highest BCUT2D eigenvalue weighted by molar-refractivity contribution is 5.79. The molecule has 0 aromatic heterocycles. The van der Waals surface area contributed by atoms with Gasteiger partial charge in [0.2, 0.25) is 11.8 Å². The van der Waals surface area contributed by atoms with Gasteiger partial charge >= 0.3 is 0 Å². The molecule has 1 saturated heterocycles. The van der Waals surface area contributed by atoms with Gasteiger partial charge in [-0.25, -0.2) is 0 Å². The number of piperazine rings is 1. The number of hydrogen-bond acceptors (Lipinski definition) is 4. The molecule has 0 bridgehead atoms. The molecule has 0 aromatic carbocycles. The summed E-state index contributed by atoms with van der Waals surface area (Å²) in [5, 5.41) is 0. The number of rotatable bonds is 4. The van der Waals surface area contributed by atoms with Crippen LogP contribution in [-0.2, 0) is 19.1 Å². The predicted octanol–water partition coefficient (Wildman–Crippen LogP) is -0.726. The highest BCUT2D eigenvalue weighted by Crippen LogP contribution is 2.03. The van der Waals surface area contributed by atoms with Gasteiger partial charge in [-0.15, -0.1) is 0 Å². The maximum atomic E-state index is 11.4. The summed E-state index contributed by atoms with van der Waals surface area (Å²) in [6.07, 6.45) is 0. The van der Waals surface area contributed by atoms with Crippen LogP contribution in [0.2, 0.25) is 0 Å². The van der Waals surface area contributed by atoms with E-state index >= 15 is 0 Å². The molecule has 0 aromatic rings. The van der Waals surface area contributed by atoms with Gasteiger partial charge in [-0.05, 0) is 0 Å². The highest BCUT2D eigenvalue weighted by Gasteiger charge is 2.23. The molecule has 0 unspecified atom stereocenters. The predicted molar refractivity (Wildman–Crippen MR) is 55.8 cm³/mol. The maximum absolute atomic E-state index is 11.4. The average Bonchev–Trinajstić information content (AvgIpc) is 2.30. The molecule has 1 aliphatic rings. The first-order valence-corrected chi connectivity index (χ1v) is 4.98. The second-order valence-electron chi connectivity index (χ2n) is 3.46. The number of amides is 2. The summed E-state index contributed by atoms with van der Waals surface area (Å²) < 4.78 is 9.04. The van der Waals surface area contributed by atoms with Gasteiger partial charge in [-0.2, -0.15) is 0 Å². The molecule has 0 N–H and O–H groups in total. The largest absolute Gasteiger partial charge is 0.369 e. The lowest BCUT2D eigenvalue weighted by molar-refractivity contribution is -0.142. The van der Waals surface area contributed by atoms with Crippen LogP contribution in [0.5, 0.6) is 0 Å². The lowest BCUT2D eigenvalue weighted by Crippen LogP contribution is -2.52. The quantitative estimate of drug-likeness (QED) is 0.636. The second-order valence-corrected chi connectivity index (χ2v) is 3.46. The summed E-state index contributed by atoms with van der Waals surface area (Å²) in [7, 11) is 6.31. The Bertz CT molecular complexity index is 223. The fourth-order valence-corrected chi connectivity index (χ4v) is 1.56. The van der Waals surface area contributed by atoms with E-state index in [9.17, 15) is 9.59 Å². The van der Waals surface area contributed by atoms with Crippen molar-refractivity contribution >= 4 is 11.8 Å². The Morgan fingerprint density at radius 1 is 0.875 bits per heavy atom. The molecule has 0 saturated carbocycles. The van der Waals surface area contributed by atoms with E-state index in [2.05, 4.69) is 23.7 Å². The normalized spacial score (nSPS) is 16.4. The number of ether oxygens (including phenoxy) is 2. The van der Waals surface area contributed by atoms with Crippen molar-refractivity contribution < 1.29 is 19.1 Å². The third-order valence-electron chi connectivity index (χ3n) is 2.44.